The van der Waals surface area contributed by atoms with E-state index in [1.807, 2.05) is 54.6 Å². The van der Waals surface area contributed by atoms with E-state index in [-0.39, 0.29) is 40.4 Å². The van der Waals surface area contributed by atoms with Gasteiger partial charge in [0.1, 0.15) is 28.2 Å². The minimum atomic E-state index is -0.364. The smallest absolute Gasteiger partial charge is 0.262 e. The van der Waals surface area contributed by atoms with Crippen molar-refractivity contribution in [1.82, 2.24) is 0 Å². The first-order chi connectivity index (χ1) is 15.4. The molecule has 0 spiro atoms. The molecule has 2 N–H and O–H groups in total. The number of phenolic OH excluding ortho intramolecular Hbond substituents is 1. The molecule has 1 heterocycles. The predicted octanol–water partition coefficient (Wildman–Crippen LogP) is 5.31. The molecule has 0 saturated carbocycles. The molecule has 1 aromatic heterocycles. The number of hydrogen-bond acceptors (Lipinski definition) is 5. The molecule has 0 bridgehead atoms. The lowest BCUT2D eigenvalue weighted by Crippen LogP contribution is -2.20. The Labute approximate surface area is 185 Å². The monoisotopic (exact) mass is 429 g/mol. The van der Waals surface area contributed by atoms with Crippen molar-refractivity contribution in [3.05, 3.63) is 88.6 Å². The molecule has 0 aliphatic heterocycles. The molecule has 0 saturated heterocycles. The van der Waals surface area contributed by atoms with Crippen molar-refractivity contribution < 1.29 is 19.1 Å². The number of rotatable bonds is 6. The fourth-order valence-electron chi connectivity index (χ4n) is 3.37. The van der Waals surface area contributed by atoms with Crippen molar-refractivity contribution in [1.29, 1.82) is 0 Å². The van der Waals surface area contributed by atoms with Gasteiger partial charge in [0.2, 0.25) is 0 Å². The van der Waals surface area contributed by atoms with Crippen molar-refractivity contribution in [3.63, 3.8) is 0 Å². The Morgan fingerprint density at radius 2 is 1.75 bits per heavy atom. The zero-order chi connectivity index (χ0) is 22.7. The summed E-state index contributed by atoms with van der Waals surface area (Å²) in [5, 5.41) is 13.2. The van der Waals surface area contributed by atoms with Crippen LogP contribution in [0.1, 0.15) is 25.3 Å². The normalized spacial score (nSPS) is 11.0. The number of benzene rings is 3. The number of ether oxygens (including phenoxy) is 1. The highest BCUT2D eigenvalue weighted by Crippen LogP contribution is 2.31. The van der Waals surface area contributed by atoms with Crippen LogP contribution in [0, 0.1) is 0 Å². The third kappa shape index (κ3) is 4.64. The van der Waals surface area contributed by atoms with Crippen molar-refractivity contribution in [2.45, 2.75) is 19.8 Å². The number of amides is 1. The van der Waals surface area contributed by atoms with Crippen molar-refractivity contribution in [2.75, 3.05) is 11.9 Å². The summed E-state index contributed by atoms with van der Waals surface area (Å²) in [7, 11) is 0. The van der Waals surface area contributed by atoms with Crippen LogP contribution in [0.15, 0.2) is 82.0 Å². The van der Waals surface area contributed by atoms with Gasteiger partial charge < -0.3 is 19.6 Å². The Morgan fingerprint density at radius 3 is 2.44 bits per heavy atom. The van der Waals surface area contributed by atoms with Gasteiger partial charge in [0, 0.05) is 29.4 Å². The van der Waals surface area contributed by atoms with E-state index in [1.165, 1.54) is 23.8 Å². The molecule has 0 fully saturated rings. The molecular weight excluding hydrogens is 406 g/mol. The zero-order valence-electron chi connectivity index (χ0n) is 17.8. The predicted molar refractivity (Wildman–Crippen MR) is 124 cm³/mol. The first-order valence-electron chi connectivity index (χ1n) is 10.3. The van der Waals surface area contributed by atoms with Gasteiger partial charge in [-0.1, -0.05) is 56.3 Å². The number of fused-ring (bicyclic) bond motifs is 1. The van der Waals surface area contributed by atoms with E-state index in [2.05, 4.69) is 19.2 Å². The molecule has 4 rings (SSSR count). The van der Waals surface area contributed by atoms with Gasteiger partial charge >= 0.3 is 0 Å². The Kier molecular flexibility index (Phi) is 5.94. The summed E-state index contributed by atoms with van der Waals surface area (Å²) < 4.78 is 11.4. The fraction of sp³-hybridized carbons (Fsp3) is 0.154. The highest BCUT2D eigenvalue weighted by atomic mass is 16.5. The molecule has 162 valence electrons. The molecule has 32 heavy (non-hydrogen) atoms. The number of carbonyl (C=O) groups is 1. The summed E-state index contributed by atoms with van der Waals surface area (Å²) >= 11 is 0. The molecule has 3 aromatic carbocycles. The highest BCUT2D eigenvalue weighted by Gasteiger charge is 2.14. The molecule has 6 nitrogen and oxygen atoms in total. The van der Waals surface area contributed by atoms with Crippen LogP contribution >= 0.6 is 0 Å². The Morgan fingerprint density at radius 1 is 1.03 bits per heavy atom. The number of aromatic hydroxyl groups is 1. The van der Waals surface area contributed by atoms with Crippen LogP contribution in [0.25, 0.3) is 22.3 Å². The number of carbonyl (C=O) groups excluding carboxylic acids is 1. The maximum atomic E-state index is 12.5. The quantitative estimate of drug-likeness (QED) is 0.434. The average molecular weight is 429 g/mol. The van der Waals surface area contributed by atoms with Gasteiger partial charge in [0.25, 0.3) is 5.91 Å². The van der Waals surface area contributed by atoms with Crippen LogP contribution in [0.2, 0.25) is 0 Å². The number of hydrogen-bond donors (Lipinski definition) is 2. The molecule has 4 aromatic rings. The van der Waals surface area contributed by atoms with Crippen LogP contribution in [0.5, 0.6) is 11.5 Å². The Balaban J connectivity index is 1.51. The second-order valence-corrected chi connectivity index (χ2v) is 7.77. The third-order valence-corrected chi connectivity index (χ3v) is 5.07. The van der Waals surface area contributed by atoms with E-state index in [4.69, 9.17) is 9.15 Å². The minimum absolute atomic E-state index is 0.0618. The standard InChI is InChI=1S/C26H23NO5/c1-16(2)17-8-10-19(11-9-17)27-25(30)15-31-20-12-21(28)26-22(29)14-23(32-24(26)13-20)18-6-4-3-5-7-18/h3-14,16,28H,15H2,1-2H3,(H,27,30). The van der Waals surface area contributed by atoms with Crippen LogP contribution in [0.4, 0.5) is 5.69 Å². The second kappa shape index (κ2) is 8.98. The lowest BCUT2D eigenvalue weighted by atomic mass is 10.0. The van der Waals surface area contributed by atoms with Gasteiger partial charge in [-0.15, -0.1) is 0 Å². The molecule has 0 radical (unpaired) electrons. The number of anilines is 1. The molecule has 0 aliphatic carbocycles. The minimum Gasteiger partial charge on any atom is -0.507 e. The summed E-state index contributed by atoms with van der Waals surface area (Å²) in [6.45, 7) is 3.94. The fourth-order valence-corrected chi connectivity index (χ4v) is 3.37. The summed E-state index contributed by atoms with van der Waals surface area (Å²) in [5.74, 6) is 0.388. The number of nitrogens with one attached hydrogen (secondary N) is 1. The van der Waals surface area contributed by atoms with Crippen LogP contribution < -0.4 is 15.5 Å². The van der Waals surface area contributed by atoms with Crippen LogP contribution in [-0.4, -0.2) is 17.6 Å². The maximum absolute atomic E-state index is 12.5. The van der Waals surface area contributed by atoms with Crippen molar-refractivity contribution >= 4 is 22.6 Å². The van der Waals surface area contributed by atoms with Gasteiger partial charge in [-0.25, -0.2) is 0 Å². The molecule has 6 heteroatoms. The summed E-state index contributed by atoms with van der Waals surface area (Å²) in [5.41, 5.74) is 2.40. The highest BCUT2D eigenvalue weighted by molar-refractivity contribution is 5.92. The average Bonchev–Trinajstić information content (AvgIpc) is 2.78. The lowest BCUT2D eigenvalue weighted by molar-refractivity contribution is -0.118. The SMILES string of the molecule is CC(C)c1ccc(NC(=O)COc2cc(O)c3c(=O)cc(-c4ccccc4)oc3c2)cc1. The largest absolute Gasteiger partial charge is 0.507 e. The maximum Gasteiger partial charge on any atom is 0.262 e. The second-order valence-electron chi connectivity index (χ2n) is 7.77. The Hall–Kier alpha value is -4.06. The van der Waals surface area contributed by atoms with Gasteiger partial charge in [0.05, 0.1) is 0 Å². The topological polar surface area (TPSA) is 88.8 Å². The lowest BCUT2D eigenvalue weighted by Gasteiger charge is -2.11. The molecular formula is C26H23NO5. The zero-order valence-corrected chi connectivity index (χ0v) is 17.8. The van der Waals surface area contributed by atoms with E-state index < -0.39 is 0 Å². The third-order valence-electron chi connectivity index (χ3n) is 5.07. The molecule has 0 atom stereocenters. The van der Waals surface area contributed by atoms with Gasteiger partial charge in [-0.2, -0.15) is 0 Å². The summed E-state index contributed by atoms with van der Waals surface area (Å²) in [6.07, 6.45) is 0. The van der Waals surface area contributed by atoms with Crippen molar-refractivity contribution in [2.24, 2.45) is 0 Å². The first kappa shape index (κ1) is 21.2. The number of phenols is 1. The van der Waals surface area contributed by atoms with E-state index in [0.717, 1.165) is 5.56 Å². The van der Waals surface area contributed by atoms with E-state index in [0.29, 0.717) is 17.4 Å². The summed E-state index contributed by atoms with van der Waals surface area (Å²) in [4.78, 5) is 24.8. The molecule has 1 amide bonds. The molecule has 0 aliphatic rings. The van der Waals surface area contributed by atoms with Crippen molar-refractivity contribution in [3.8, 4) is 22.8 Å². The van der Waals surface area contributed by atoms with E-state index in [1.54, 1.807) is 0 Å². The first-order valence-corrected chi connectivity index (χ1v) is 10.3. The van der Waals surface area contributed by atoms with Gasteiger partial charge in [-0.3, -0.25) is 9.59 Å². The van der Waals surface area contributed by atoms with Gasteiger partial charge in [-0.05, 0) is 23.6 Å². The van der Waals surface area contributed by atoms with Crippen LogP contribution in [0.3, 0.4) is 0 Å². The van der Waals surface area contributed by atoms with Crippen LogP contribution in [-0.2, 0) is 4.79 Å². The molecule has 0 unspecified atom stereocenters. The van der Waals surface area contributed by atoms with E-state index in [9.17, 15) is 14.7 Å². The Bertz CT molecular complexity index is 1310. The summed E-state index contributed by atoms with van der Waals surface area (Å²) in [6, 6.07) is 20.9. The van der Waals surface area contributed by atoms with Gasteiger partial charge in [0.15, 0.2) is 12.0 Å². The van der Waals surface area contributed by atoms with E-state index >= 15 is 0 Å².